The van der Waals surface area contributed by atoms with Crippen molar-refractivity contribution in [3.63, 3.8) is 0 Å². The van der Waals surface area contributed by atoms with E-state index < -0.39 is 0 Å². The molecule has 2 aromatic rings. The average Bonchev–Trinajstić information content (AvgIpc) is 3.09. The maximum atomic E-state index is 5.58. The largest absolute Gasteiger partial charge is 0.464 e. The Hall–Kier alpha value is -2.03. The second kappa shape index (κ2) is 4.23. The minimum atomic E-state index is 0.0822. The molecule has 0 saturated carbocycles. The van der Waals surface area contributed by atoms with Gasteiger partial charge in [0, 0.05) is 12.1 Å². The van der Waals surface area contributed by atoms with Crippen molar-refractivity contribution in [3.05, 3.63) is 47.7 Å². The Kier molecular flexibility index (Phi) is 2.49. The van der Waals surface area contributed by atoms with Crippen LogP contribution in [0.15, 0.2) is 46.0 Å². The molecule has 20 heavy (non-hydrogen) atoms. The summed E-state index contributed by atoms with van der Waals surface area (Å²) in [6, 6.07) is 10.5. The van der Waals surface area contributed by atoms with E-state index in [1.54, 1.807) is 6.26 Å². The Morgan fingerprint density at radius 3 is 2.95 bits per heavy atom. The van der Waals surface area contributed by atoms with Crippen LogP contribution in [0.5, 0.6) is 0 Å². The molecule has 102 valence electrons. The third-order valence-corrected chi connectivity index (χ3v) is 4.50. The highest BCUT2D eigenvalue weighted by molar-refractivity contribution is 5.82. The molecule has 0 amide bonds. The van der Waals surface area contributed by atoms with Crippen molar-refractivity contribution < 1.29 is 4.42 Å². The Labute approximate surface area is 118 Å². The molecule has 0 unspecified atom stereocenters. The molecule has 1 aliphatic carbocycles. The first-order valence-corrected chi connectivity index (χ1v) is 7.21. The van der Waals surface area contributed by atoms with Crippen LogP contribution in [0.3, 0.4) is 0 Å². The molecule has 1 aromatic carbocycles. The van der Waals surface area contributed by atoms with Crippen LogP contribution < -0.4 is 5.32 Å². The van der Waals surface area contributed by atoms with Gasteiger partial charge in [0.1, 0.15) is 5.76 Å². The molecular weight excluding hydrogens is 248 g/mol. The maximum Gasteiger partial charge on any atom is 0.134 e. The van der Waals surface area contributed by atoms with Crippen LogP contribution in [0.4, 0.5) is 0 Å². The molecule has 0 fully saturated rings. The highest BCUT2D eigenvalue weighted by Gasteiger charge is 2.37. The number of nitrogens with zero attached hydrogens (tertiary/aromatic N) is 1. The molecule has 1 spiro atoms. The molecule has 1 aliphatic heterocycles. The van der Waals surface area contributed by atoms with Crippen molar-refractivity contribution in [2.45, 2.75) is 31.7 Å². The third kappa shape index (κ3) is 1.77. The molecule has 3 heteroatoms. The van der Waals surface area contributed by atoms with Gasteiger partial charge in [0.05, 0.1) is 17.6 Å². The fourth-order valence-corrected chi connectivity index (χ4v) is 3.53. The lowest BCUT2D eigenvalue weighted by atomic mass is 9.77. The second-order valence-corrected chi connectivity index (χ2v) is 5.87. The molecule has 0 saturated heterocycles. The zero-order valence-corrected chi connectivity index (χ0v) is 11.6. The summed E-state index contributed by atoms with van der Waals surface area (Å²) in [5.41, 5.74) is 4.19. The van der Waals surface area contributed by atoms with Gasteiger partial charge in [-0.25, -0.2) is 0 Å². The van der Waals surface area contributed by atoms with Crippen LogP contribution in [-0.4, -0.2) is 17.9 Å². The number of hydrogen-bond acceptors (Lipinski definition) is 3. The zero-order chi connectivity index (χ0) is 13.6. The molecule has 2 aliphatic rings. The lowest BCUT2D eigenvalue weighted by Gasteiger charge is -2.32. The van der Waals surface area contributed by atoms with E-state index in [4.69, 9.17) is 9.41 Å². The van der Waals surface area contributed by atoms with E-state index in [0.717, 1.165) is 37.4 Å². The van der Waals surface area contributed by atoms with Crippen LogP contribution in [0.2, 0.25) is 0 Å². The summed E-state index contributed by atoms with van der Waals surface area (Å²) in [6.07, 6.45) is 4.96. The van der Waals surface area contributed by atoms with Gasteiger partial charge < -0.3 is 9.73 Å². The second-order valence-electron chi connectivity index (χ2n) is 5.87. The molecular formula is C17H18N2O. The van der Waals surface area contributed by atoms with Gasteiger partial charge in [-0.1, -0.05) is 18.2 Å². The minimum absolute atomic E-state index is 0.0822. The average molecular weight is 266 g/mol. The standard InChI is InChI=1S/C17H18N2O/c1-12-18-11-17(19-12)8-7-14-13(10-17)4-2-5-15(14)16-6-3-9-20-16/h2-6,9H,7-8,10-11H2,1H3,(H,18,19)/t17-/m0/s1. The number of nitrogens with one attached hydrogen (secondary N) is 1. The summed E-state index contributed by atoms with van der Waals surface area (Å²) >= 11 is 0. The minimum Gasteiger partial charge on any atom is -0.464 e. The first-order valence-electron chi connectivity index (χ1n) is 7.21. The highest BCUT2D eigenvalue weighted by Crippen LogP contribution is 2.38. The monoisotopic (exact) mass is 266 g/mol. The topological polar surface area (TPSA) is 37.5 Å². The summed E-state index contributed by atoms with van der Waals surface area (Å²) in [5, 5.41) is 3.38. The van der Waals surface area contributed by atoms with Gasteiger partial charge in [0.25, 0.3) is 0 Å². The molecule has 1 N–H and O–H groups in total. The summed E-state index contributed by atoms with van der Waals surface area (Å²) < 4.78 is 5.58. The van der Waals surface area contributed by atoms with E-state index in [0.29, 0.717) is 0 Å². The summed E-state index contributed by atoms with van der Waals surface area (Å²) in [7, 11) is 0. The van der Waals surface area contributed by atoms with Crippen LogP contribution in [0.1, 0.15) is 24.5 Å². The van der Waals surface area contributed by atoms with Crippen molar-refractivity contribution in [1.82, 2.24) is 5.32 Å². The van der Waals surface area contributed by atoms with E-state index in [2.05, 4.69) is 30.4 Å². The van der Waals surface area contributed by atoms with E-state index in [1.165, 1.54) is 16.7 Å². The highest BCUT2D eigenvalue weighted by atomic mass is 16.3. The van der Waals surface area contributed by atoms with Crippen molar-refractivity contribution in [2.24, 2.45) is 4.99 Å². The van der Waals surface area contributed by atoms with Crippen molar-refractivity contribution in [1.29, 1.82) is 0 Å². The molecule has 0 radical (unpaired) electrons. The maximum absolute atomic E-state index is 5.58. The Balaban J connectivity index is 1.76. The SMILES string of the molecule is CC1=N[C@]2(CCc3c(cccc3-c3ccco3)C2)CN1. The number of amidine groups is 1. The van der Waals surface area contributed by atoms with Crippen molar-refractivity contribution >= 4 is 5.84 Å². The predicted molar refractivity (Wildman–Crippen MR) is 80.0 cm³/mol. The smallest absolute Gasteiger partial charge is 0.134 e. The molecule has 0 bridgehead atoms. The van der Waals surface area contributed by atoms with Crippen molar-refractivity contribution in [3.8, 4) is 11.3 Å². The molecule has 2 heterocycles. The molecule has 1 atom stereocenters. The first kappa shape index (κ1) is 11.8. The Morgan fingerprint density at radius 1 is 1.25 bits per heavy atom. The summed E-state index contributed by atoms with van der Waals surface area (Å²) in [4.78, 5) is 4.85. The summed E-state index contributed by atoms with van der Waals surface area (Å²) in [5.74, 6) is 2.05. The number of fused-ring (bicyclic) bond motifs is 1. The van der Waals surface area contributed by atoms with E-state index >= 15 is 0 Å². The summed E-state index contributed by atoms with van der Waals surface area (Å²) in [6.45, 7) is 3.03. The fourth-order valence-electron chi connectivity index (χ4n) is 3.53. The fraction of sp³-hybridized carbons (Fsp3) is 0.353. The lowest BCUT2D eigenvalue weighted by Crippen LogP contribution is -2.38. The molecule has 4 rings (SSSR count). The van der Waals surface area contributed by atoms with E-state index in [9.17, 15) is 0 Å². The number of aliphatic imine (C=N–C) groups is 1. The molecule has 3 nitrogen and oxygen atoms in total. The van der Waals surface area contributed by atoms with Crippen LogP contribution in [-0.2, 0) is 12.8 Å². The van der Waals surface area contributed by atoms with E-state index in [-0.39, 0.29) is 5.54 Å². The number of furan rings is 1. The Bertz CT molecular complexity index is 672. The van der Waals surface area contributed by atoms with Gasteiger partial charge in [-0.3, -0.25) is 4.99 Å². The van der Waals surface area contributed by atoms with Gasteiger partial charge in [-0.2, -0.15) is 0 Å². The number of benzene rings is 1. The van der Waals surface area contributed by atoms with Gasteiger partial charge in [-0.05, 0) is 49.4 Å². The normalized spacial score (nSPS) is 24.4. The lowest BCUT2D eigenvalue weighted by molar-refractivity contribution is 0.394. The predicted octanol–water partition coefficient (Wildman–Crippen LogP) is 3.20. The third-order valence-electron chi connectivity index (χ3n) is 4.50. The van der Waals surface area contributed by atoms with E-state index in [1.807, 2.05) is 12.1 Å². The quantitative estimate of drug-likeness (QED) is 0.860. The Morgan fingerprint density at radius 2 is 2.20 bits per heavy atom. The first-order chi connectivity index (χ1) is 9.76. The van der Waals surface area contributed by atoms with Crippen LogP contribution in [0, 0.1) is 0 Å². The van der Waals surface area contributed by atoms with Gasteiger partial charge >= 0.3 is 0 Å². The van der Waals surface area contributed by atoms with Gasteiger partial charge in [0.2, 0.25) is 0 Å². The van der Waals surface area contributed by atoms with Crippen LogP contribution >= 0.6 is 0 Å². The van der Waals surface area contributed by atoms with Gasteiger partial charge in [-0.15, -0.1) is 0 Å². The zero-order valence-electron chi connectivity index (χ0n) is 11.6. The number of hydrogen-bond donors (Lipinski definition) is 1. The van der Waals surface area contributed by atoms with Gasteiger partial charge in [0.15, 0.2) is 0 Å². The van der Waals surface area contributed by atoms with Crippen molar-refractivity contribution in [2.75, 3.05) is 6.54 Å². The number of rotatable bonds is 1. The van der Waals surface area contributed by atoms with Crippen LogP contribution in [0.25, 0.3) is 11.3 Å². The molecule has 1 aromatic heterocycles.